The Labute approximate surface area is 325 Å². The fraction of sp³-hybridized carbons (Fsp3) is 0.977. The van der Waals surface area contributed by atoms with Crippen LogP contribution in [0.2, 0.25) is 0 Å². The molecule has 7 N–H and O–H groups in total. The molecule has 10 nitrogen and oxygen atoms in total. The third-order valence-electron chi connectivity index (χ3n) is 15.5. The van der Waals surface area contributed by atoms with Crippen LogP contribution in [-0.4, -0.2) is 98.7 Å². The molecule has 1 saturated heterocycles. The van der Waals surface area contributed by atoms with E-state index < -0.39 is 55.6 Å². The van der Waals surface area contributed by atoms with E-state index in [9.17, 15) is 35.4 Å². The van der Waals surface area contributed by atoms with E-state index in [1.165, 1.54) is 144 Å². The minimum atomic E-state index is -1.60. The van der Waals surface area contributed by atoms with Gasteiger partial charge in [0, 0.05) is 6.42 Å². The Balaban J connectivity index is 0.821. The monoisotopic (exact) mass is 764 g/mol. The molecule has 7 aliphatic rings. The van der Waals surface area contributed by atoms with Crippen LogP contribution in [0.25, 0.3) is 0 Å². The van der Waals surface area contributed by atoms with Gasteiger partial charge in [0.2, 0.25) is 5.91 Å². The standard InChI is InChI=1S/C44H77NO9/c1-2-3-4-5-6-7-8-9-11-14-17-20-23-29(47)39(49)28(27-53-43-42(52)41(51)40(50)30(26-46)54-43)45-31(48)24-21-18-15-12-10-13-16-19-22-25-44-36-33-32-34(36)38(44)35(32)37(33)44/h28-30,32-43,46-47,49-52H,2-27H2,1H3,(H,45,48)/t28-,29+,30?,32?,33?,34?,35?,36?,37?,38?,39-,40?,41?,42?,43?,44?/m0/s1. The van der Waals surface area contributed by atoms with Gasteiger partial charge in [-0.05, 0) is 66.1 Å². The third-order valence-corrected chi connectivity index (χ3v) is 15.5. The number of amides is 1. The Bertz CT molecular complexity index is 1090. The van der Waals surface area contributed by atoms with Gasteiger partial charge in [-0.15, -0.1) is 0 Å². The first-order valence-electron chi connectivity index (χ1n) is 22.9. The smallest absolute Gasteiger partial charge is 0.220 e. The van der Waals surface area contributed by atoms with Gasteiger partial charge >= 0.3 is 0 Å². The minimum Gasteiger partial charge on any atom is -0.394 e. The maximum Gasteiger partial charge on any atom is 0.220 e. The van der Waals surface area contributed by atoms with E-state index in [1.807, 2.05) is 0 Å². The molecule has 5 unspecified atom stereocenters. The van der Waals surface area contributed by atoms with Gasteiger partial charge in [-0.2, -0.15) is 0 Å². The zero-order valence-electron chi connectivity index (χ0n) is 33.5. The molecule has 10 heteroatoms. The molecule has 8 atom stereocenters. The van der Waals surface area contributed by atoms with Crippen LogP contribution in [0.4, 0.5) is 0 Å². The topological polar surface area (TPSA) is 169 Å². The Morgan fingerprint density at radius 2 is 1.17 bits per heavy atom. The predicted molar refractivity (Wildman–Crippen MR) is 207 cm³/mol. The van der Waals surface area contributed by atoms with Gasteiger partial charge in [0.05, 0.1) is 25.4 Å². The van der Waals surface area contributed by atoms with Crippen molar-refractivity contribution < 1.29 is 44.9 Å². The van der Waals surface area contributed by atoms with E-state index in [0.717, 1.165) is 43.9 Å². The molecule has 54 heavy (non-hydrogen) atoms. The van der Waals surface area contributed by atoms with Crippen LogP contribution in [0.5, 0.6) is 0 Å². The largest absolute Gasteiger partial charge is 0.394 e. The van der Waals surface area contributed by atoms with Crippen LogP contribution in [0.15, 0.2) is 0 Å². The fourth-order valence-corrected chi connectivity index (χ4v) is 12.7. The summed E-state index contributed by atoms with van der Waals surface area (Å²) in [5.74, 6) is 8.14. The van der Waals surface area contributed by atoms with Gasteiger partial charge in [-0.1, -0.05) is 135 Å². The van der Waals surface area contributed by atoms with Crippen LogP contribution in [0, 0.1) is 46.8 Å². The van der Waals surface area contributed by atoms with Gasteiger partial charge in [-0.3, -0.25) is 4.79 Å². The highest BCUT2D eigenvalue weighted by Gasteiger charge is 3.03. The predicted octanol–water partition coefficient (Wildman–Crippen LogP) is 5.76. The van der Waals surface area contributed by atoms with Crippen LogP contribution in [0.3, 0.4) is 0 Å². The first-order valence-corrected chi connectivity index (χ1v) is 22.9. The van der Waals surface area contributed by atoms with Gasteiger partial charge < -0.3 is 45.4 Å². The molecule has 6 aliphatic carbocycles. The summed E-state index contributed by atoms with van der Waals surface area (Å²) in [6.07, 6.45) is 17.7. The SMILES string of the molecule is CCCCCCCCCCCCCC[C@@H](O)[C@@H](O)[C@H](COC1OC(CO)C(O)C(O)C1O)NC(=O)CCCCCCCCCCCC12C3C4C5C3C1C5C42. The highest BCUT2D eigenvalue weighted by Crippen LogP contribution is 3.06. The second kappa shape index (κ2) is 20.2. The average Bonchev–Trinajstić information content (AvgIpc) is 3.18. The molecule has 0 bridgehead atoms. The summed E-state index contributed by atoms with van der Waals surface area (Å²) >= 11 is 0. The number of rotatable bonds is 32. The van der Waals surface area contributed by atoms with Gasteiger partial charge in [0.15, 0.2) is 6.29 Å². The average molecular weight is 764 g/mol. The number of ether oxygens (including phenoxy) is 2. The molecule has 1 heterocycles. The maximum absolute atomic E-state index is 13.0. The molecule has 7 fully saturated rings. The van der Waals surface area contributed by atoms with Crippen molar-refractivity contribution in [2.24, 2.45) is 46.8 Å². The number of hydrogen-bond donors (Lipinski definition) is 7. The number of unbranched alkanes of at least 4 members (excludes halogenated alkanes) is 19. The Hall–Kier alpha value is -0.850. The lowest BCUT2D eigenvalue weighted by atomic mass is 8.96. The Morgan fingerprint density at radius 1 is 0.667 bits per heavy atom. The van der Waals surface area contributed by atoms with Crippen molar-refractivity contribution in [2.75, 3.05) is 13.2 Å². The first kappa shape index (κ1) is 42.7. The molecule has 0 radical (unpaired) electrons. The highest BCUT2D eigenvalue weighted by atomic mass is 16.7. The summed E-state index contributed by atoms with van der Waals surface area (Å²) < 4.78 is 11.2. The lowest BCUT2D eigenvalue weighted by Crippen LogP contribution is -3.05. The van der Waals surface area contributed by atoms with E-state index >= 15 is 0 Å². The van der Waals surface area contributed by atoms with Crippen molar-refractivity contribution in [3.8, 4) is 0 Å². The van der Waals surface area contributed by atoms with Crippen molar-refractivity contribution in [3.63, 3.8) is 0 Å². The normalized spacial score (nSPS) is 37.9. The summed E-state index contributed by atoms with van der Waals surface area (Å²) in [5.41, 5.74) is 0.877. The lowest BCUT2D eigenvalue weighted by molar-refractivity contribution is -0.616. The number of hydrogen-bond acceptors (Lipinski definition) is 9. The fourth-order valence-electron chi connectivity index (χ4n) is 12.7. The maximum atomic E-state index is 13.0. The molecule has 6 saturated carbocycles. The molecular formula is C44H77NO9. The van der Waals surface area contributed by atoms with Gasteiger partial charge in [0.1, 0.15) is 30.5 Å². The van der Waals surface area contributed by atoms with E-state index in [1.54, 1.807) is 0 Å². The summed E-state index contributed by atoms with van der Waals surface area (Å²) in [5, 5.41) is 65.2. The highest BCUT2D eigenvalue weighted by molar-refractivity contribution is 5.76. The van der Waals surface area contributed by atoms with Crippen molar-refractivity contribution >= 4 is 5.91 Å². The molecule has 0 spiro atoms. The molecule has 0 aromatic heterocycles. The second-order valence-corrected chi connectivity index (χ2v) is 18.6. The van der Waals surface area contributed by atoms with Crippen molar-refractivity contribution in [2.45, 2.75) is 210 Å². The molecule has 1 aliphatic heterocycles. The molecule has 1 amide bonds. The van der Waals surface area contributed by atoms with E-state index in [2.05, 4.69) is 12.2 Å². The zero-order valence-corrected chi connectivity index (χ0v) is 33.5. The number of carbonyl (C=O) groups is 1. The summed E-state index contributed by atoms with van der Waals surface area (Å²) in [6.45, 7) is 1.36. The number of nitrogens with one attached hydrogen (secondary N) is 1. The number of aliphatic hydroxyl groups is 6. The van der Waals surface area contributed by atoms with E-state index in [-0.39, 0.29) is 12.5 Å². The minimum absolute atomic E-state index is 0.245. The number of aliphatic hydroxyl groups excluding tert-OH is 6. The molecule has 7 rings (SSSR count). The van der Waals surface area contributed by atoms with Crippen LogP contribution < -0.4 is 5.32 Å². The van der Waals surface area contributed by atoms with Crippen molar-refractivity contribution in [1.82, 2.24) is 5.32 Å². The second-order valence-electron chi connectivity index (χ2n) is 18.6. The lowest BCUT2D eigenvalue weighted by Gasteiger charge is -3.08. The van der Waals surface area contributed by atoms with Crippen LogP contribution in [0.1, 0.15) is 161 Å². The molecule has 0 aromatic carbocycles. The number of carbonyl (C=O) groups excluding carboxylic acids is 1. The summed E-state index contributed by atoms with van der Waals surface area (Å²) in [7, 11) is 0. The first-order chi connectivity index (χ1) is 26.3. The van der Waals surface area contributed by atoms with E-state index in [4.69, 9.17) is 9.47 Å². The summed E-state index contributed by atoms with van der Waals surface area (Å²) in [4.78, 5) is 13.0. The Morgan fingerprint density at radius 3 is 1.70 bits per heavy atom. The van der Waals surface area contributed by atoms with Crippen LogP contribution in [-0.2, 0) is 14.3 Å². The van der Waals surface area contributed by atoms with Gasteiger partial charge in [0.25, 0.3) is 0 Å². The van der Waals surface area contributed by atoms with Crippen molar-refractivity contribution in [3.05, 3.63) is 0 Å². The Kier molecular flexibility index (Phi) is 16.0. The van der Waals surface area contributed by atoms with Gasteiger partial charge in [-0.25, -0.2) is 0 Å². The van der Waals surface area contributed by atoms with E-state index in [0.29, 0.717) is 12.8 Å². The molecule has 0 aromatic rings. The van der Waals surface area contributed by atoms with Crippen molar-refractivity contribution in [1.29, 1.82) is 0 Å². The zero-order chi connectivity index (χ0) is 38.2. The van der Waals surface area contributed by atoms with Crippen LogP contribution >= 0.6 is 0 Å². The summed E-state index contributed by atoms with van der Waals surface area (Å²) in [6, 6.07) is -0.978. The molecule has 312 valence electrons. The molecular weight excluding hydrogens is 686 g/mol. The quantitative estimate of drug-likeness (QED) is 0.0422. The third kappa shape index (κ3) is 8.76.